The maximum atomic E-state index is 6.61. The lowest BCUT2D eigenvalue weighted by atomic mass is 9.82. The second-order valence-corrected chi connectivity index (χ2v) is 18.1. The monoisotopic (exact) mass is 716 g/mol. The molecule has 0 saturated carbocycles. The quantitative estimate of drug-likeness (QED) is 0.145. The van der Waals surface area contributed by atoms with Gasteiger partial charge in [0.05, 0.1) is 27.4 Å². The molecule has 2 aliphatic carbocycles. The van der Waals surface area contributed by atoms with Gasteiger partial charge in [-0.25, -0.2) is 0 Å². The molecule has 264 valence electrons. The highest BCUT2D eigenvalue weighted by Gasteiger charge is 2.43. The van der Waals surface area contributed by atoms with Crippen LogP contribution in [-0.4, -0.2) is 40.2 Å². The summed E-state index contributed by atoms with van der Waals surface area (Å²) in [6.07, 6.45) is 4.88. The van der Waals surface area contributed by atoms with Gasteiger partial charge in [-0.2, -0.15) is 0 Å². The van der Waals surface area contributed by atoms with Gasteiger partial charge < -0.3 is 18.9 Å². The fourth-order valence-electron chi connectivity index (χ4n) is 7.25. The third kappa shape index (κ3) is 7.66. The Morgan fingerprint density at radius 2 is 0.980 bits per heavy atom. The fourth-order valence-corrected chi connectivity index (χ4v) is 12.6. The van der Waals surface area contributed by atoms with Crippen LogP contribution in [-0.2, 0) is 18.9 Å². The Hall–Kier alpha value is -3.94. The molecule has 3 unspecified atom stereocenters. The summed E-state index contributed by atoms with van der Waals surface area (Å²) in [7, 11) is 5.22. The Balaban J connectivity index is 1.72. The van der Waals surface area contributed by atoms with Crippen LogP contribution in [0.5, 0.6) is 0 Å². The van der Waals surface area contributed by atoms with Crippen LogP contribution in [0.4, 0.5) is 0 Å². The van der Waals surface area contributed by atoms with Crippen LogP contribution in [0.2, 0.25) is 0 Å². The topological polar surface area (TPSA) is 36.9 Å². The van der Waals surface area contributed by atoms with Crippen molar-refractivity contribution in [1.82, 2.24) is 0 Å². The van der Waals surface area contributed by atoms with Gasteiger partial charge in [0.1, 0.15) is 17.3 Å². The van der Waals surface area contributed by atoms with Crippen LogP contribution in [0, 0.1) is 33.6 Å². The van der Waals surface area contributed by atoms with Crippen LogP contribution in [0.15, 0.2) is 143 Å². The fraction of sp³-hybridized carbons (Fsp3) is 0.289. The van der Waals surface area contributed by atoms with E-state index in [9.17, 15) is 0 Å². The summed E-state index contributed by atoms with van der Waals surface area (Å²) >= 11 is 0. The Morgan fingerprint density at radius 3 is 1.37 bits per heavy atom. The summed E-state index contributed by atoms with van der Waals surface area (Å²) in [6, 6.07) is 36.3. The van der Waals surface area contributed by atoms with Gasteiger partial charge in [-0.15, -0.1) is 0 Å². The molecule has 0 heterocycles. The number of ether oxygens (including phenoxy) is 4. The van der Waals surface area contributed by atoms with Gasteiger partial charge in [-0.05, 0) is 81.7 Å². The zero-order valence-corrected chi connectivity index (χ0v) is 33.1. The molecule has 0 saturated heterocycles. The molecule has 51 heavy (non-hydrogen) atoms. The van der Waals surface area contributed by atoms with Crippen LogP contribution in [0.25, 0.3) is 0 Å². The van der Waals surface area contributed by atoms with Crippen molar-refractivity contribution in [2.24, 2.45) is 5.92 Å². The molecule has 4 aromatic rings. The molecular formula is C45H50O4P2. The van der Waals surface area contributed by atoms with E-state index in [1.807, 2.05) is 7.11 Å². The number of methoxy groups -OCH3 is 4. The Kier molecular flexibility index (Phi) is 11.7. The molecule has 0 bridgehead atoms. The molecule has 0 fully saturated rings. The van der Waals surface area contributed by atoms with Crippen molar-refractivity contribution in [3.05, 3.63) is 165 Å². The van der Waals surface area contributed by atoms with E-state index in [4.69, 9.17) is 18.9 Å². The van der Waals surface area contributed by atoms with Gasteiger partial charge >= 0.3 is 0 Å². The zero-order valence-electron chi connectivity index (χ0n) is 31.4. The van der Waals surface area contributed by atoms with E-state index in [1.165, 1.54) is 59.9 Å². The van der Waals surface area contributed by atoms with Crippen molar-refractivity contribution in [3.8, 4) is 0 Å². The second kappa shape index (κ2) is 16.2. The van der Waals surface area contributed by atoms with Crippen LogP contribution < -0.4 is 21.2 Å². The summed E-state index contributed by atoms with van der Waals surface area (Å²) in [5.41, 5.74) is 7.40. The predicted molar refractivity (Wildman–Crippen MR) is 217 cm³/mol. The first kappa shape index (κ1) is 36.8. The largest absolute Gasteiger partial charge is 0.501 e. The molecule has 3 atom stereocenters. The van der Waals surface area contributed by atoms with Gasteiger partial charge in [0.25, 0.3) is 0 Å². The van der Waals surface area contributed by atoms with E-state index in [0.29, 0.717) is 0 Å². The van der Waals surface area contributed by atoms with Gasteiger partial charge in [-0.3, -0.25) is 0 Å². The van der Waals surface area contributed by atoms with Crippen LogP contribution in [0.3, 0.4) is 0 Å². The number of benzene rings is 4. The number of rotatable bonds is 11. The summed E-state index contributed by atoms with van der Waals surface area (Å²) < 4.78 is 25.3. The lowest BCUT2D eigenvalue weighted by Gasteiger charge is -2.41. The van der Waals surface area contributed by atoms with E-state index in [2.05, 4.69) is 144 Å². The van der Waals surface area contributed by atoms with Crippen molar-refractivity contribution < 1.29 is 18.9 Å². The van der Waals surface area contributed by atoms with Gasteiger partial charge in [-0.1, -0.05) is 126 Å². The van der Waals surface area contributed by atoms with Crippen LogP contribution in [0.1, 0.15) is 35.6 Å². The summed E-state index contributed by atoms with van der Waals surface area (Å²) in [5, 5.41) is 6.43. The number of hydrogen-bond acceptors (Lipinski definition) is 4. The maximum absolute atomic E-state index is 6.61. The molecule has 4 nitrogen and oxygen atoms in total. The number of allylic oxidation sites excluding steroid dienone is 4. The Labute approximate surface area is 307 Å². The zero-order chi connectivity index (χ0) is 36.2. The number of hydrogen-bond donors (Lipinski definition) is 0. The molecule has 0 radical (unpaired) electrons. The van der Waals surface area contributed by atoms with E-state index >= 15 is 0 Å². The van der Waals surface area contributed by atoms with Crippen molar-refractivity contribution >= 4 is 37.1 Å². The van der Waals surface area contributed by atoms with Gasteiger partial charge in [0.2, 0.25) is 0 Å². The predicted octanol–water partition coefficient (Wildman–Crippen LogP) is 9.14. The lowest BCUT2D eigenvalue weighted by Crippen LogP contribution is -2.36. The average molecular weight is 717 g/mol. The third-order valence-corrected chi connectivity index (χ3v) is 15.3. The first-order valence-electron chi connectivity index (χ1n) is 17.6. The van der Waals surface area contributed by atoms with Crippen molar-refractivity contribution in [3.63, 3.8) is 0 Å². The average Bonchev–Trinajstić information content (AvgIpc) is 3.14. The SMILES string of the molecule is COC1=CC(OC)=C(C2=C(P(c3ccc(C)cc3)c3ccc(C)cc3)C=C(OC)C(C)C2OC)C(P(c2ccc(C)cc2)c2ccc(C)cc2)C1. The minimum atomic E-state index is -1.03. The van der Waals surface area contributed by atoms with Crippen LogP contribution >= 0.6 is 15.8 Å². The molecule has 6 rings (SSSR count). The van der Waals surface area contributed by atoms with E-state index in [1.54, 1.807) is 21.3 Å². The Bertz CT molecular complexity index is 1860. The Morgan fingerprint density at radius 1 is 0.529 bits per heavy atom. The van der Waals surface area contributed by atoms with E-state index in [0.717, 1.165) is 23.7 Å². The molecule has 2 aliphatic rings. The molecule has 0 N–H and O–H groups in total. The van der Waals surface area contributed by atoms with E-state index < -0.39 is 15.8 Å². The molecule has 0 amide bonds. The van der Waals surface area contributed by atoms with Gasteiger partial charge in [0.15, 0.2) is 0 Å². The second-order valence-electron chi connectivity index (χ2n) is 13.6. The molecule has 0 spiro atoms. The summed E-state index contributed by atoms with van der Waals surface area (Å²) in [5.74, 6) is 2.65. The summed E-state index contributed by atoms with van der Waals surface area (Å²) in [4.78, 5) is 0. The molecular weight excluding hydrogens is 666 g/mol. The van der Waals surface area contributed by atoms with Crippen molar-refractivity contribution in [2.75, 3.05) is 28.4 Å². The molecule has 4 aromatic carbocycles. The normalized spacial score (nSPS) is 19.3. The maximum Gasteiger partial charge on any atom is 0.126 e. The molecule has 0 aromatic heterocycles. The molecule has 6 heteroatoms. The lowest BCUT2D eigenvalue weighted by molar-refractivity contribution is 0.0737. The highest BCUT2D eigenvalue weighted by atomic mass is 31.1. The minimum Gasteiger partial charge on any atom is -0.501 e. The number of aryl methyl sites for hydroxylation is 4. The van der Waals surface area contributed by atoms with E-state index in [-0.39, 0.29) is 17.7 Å². The minimum absolute atomic E-state index is 0.0179. The van der Waals surface area contributed by atoms with Crippen molar-refractivity contribution in [2.45, 2.75) is 52.8 Å². The summed E-state index contributed by atoms with van der Waals surface area (Å²) in [6.45, 7) is 10.8. The first-order valence-corrected chi connectivity index (χ1v) is 20.3. The molecule has 0 aliphatic heterocycles. The highest BCUT2D eigenvalue weighted by molar-refractivity contribution is 7.77. The van der Waals surface area contributed by atoms with Crippen molar-refractivity contribution in [1.29, 1.82) is 0 Å². The first-order chi connectivity index (χ1) is 24.7. The third-order valence-electron chi connectivity index (χ3n) is 10.1. The standard InChI is InChI=1S/C45H50O4P2/c1-29-10-18-35(19-11-29)50(36-20-12-30(2)13-21-36)41-27-34(46-6)26-40(48-8)43(41)44-42(28-39(47-7)33(5)45(44)49-9)51(37-22-14-31(3)15-23-37)38-24-16-32(4)17-25-38/h10-26,28,33,41,45H,27H2,1-9H3. The smallest absolute Gasteiger partial charge is 0.126 e. The highest BCUT2D eigenvalue weighted by Crippen LogP contribution is 2.57. The van der Waals surface area contributed by atoms with Gasteiger partial charge in [0, 0.05) is 36.8 Å².